The van der Waals surface area contributed by atoms with E-state index < -0.39 is 0 Å². The lowest BCUT2D eigenvalue weighted by Gasteiger charge is -2.25. The van der Waals surface area contributed by atoms with E-state index >= 15 is 0 Å². The molecular formula is C19H22FN3O2. The minimum absolute atomic E-state index is 0.114. The summed E-state index contributed by atoms with van der Waals surface area (Å²) in [5.74, 6) is -0.914. The van der Waals surface area contributed by atoms with Crippen molar-refractivity contribution in [1.82, 2.24) is 15.5 Å². The van der Waals surface area contributed by atoms with Gasteiger partial charge in [-0.1, -0.05) is 30.3 Å². The largest absolute Gasteiger partial charge is 0.353 e. The monoisotopic (exact) mass is 343 g/mol. The molecule has 1 atom stereocenters. The smallest absolute Gasteiger partial charge is 0.251 e. The summed E-state index contributed by atoms with van der Waals surface area (Å²) in [4.78, 5) is 25.8. The van der Waals surface area contributed by atoms with Crippen LogP contribution in [0.15, 0.2) is 54.6 Å². The molecule has 0 aromatic heterocycles. The lowest BCUT2D eigenvalue weighted by Crippen LogP contribution is -2.40. The van der Waals surface area contributed by atoms with Crippen molar-refractivity contribution in [2.75, 3.05) is 27.2 Å². The summed E-state index contributed by atoms with van der Waals surface area (Å²) in [6, 6.07) is 14.8. The van der Waals surface area contributed by atoms with E-state index in [1.165, 1.54) is 12.1 Å². The first kappa shape index (κ1) is 18.6. The topological polar surface area (TPSA) is 61.4 Å². The maximum absolute atomic E-state index is 13.4. The molecule has 0 aliphatic heterocycles. The second kappa shape index (κ2) is 8.94. The van der Waals surface area contributed by atoms with Gasteiger partial charge in [0.2, 0.25) is 5.91 Å². The lowest BCUT2D eigenvalue weighted by molar-refractivity contribution is -0.120. The Kier molecular flexibility index (Phi) is 6.65. The van der Waals surface area contributed by atoms with E-state index in [1.54, 1.807) is 30.3 Å². The summed E-state index contributed by atoms with van der Waals surface area (Å²) in [5.41, 5.74) is 1.28. The fourth-order valence-electron chi connectivity index (χ4n) is 2.44. The second-order valence-electron chi connectivity index (χ2n) is 5.89. The molecule has 0 unspecified atom stereocenters. The fraction of sp³-hybridized carbons (Fsp3) is 0.263. The highest BCUT2D eigenvalue weighted by atomic mass is 19.1. The summed E-state index contributed by atoms with van der Waals surface area (Å²) in [7, 11) is 3.72. The van der Waals surface area contributed by atoms with Crippen molar-refractivity contribution in [3.63, 3.8) is 0 Å². The zero-order valence-electron chi connectivity index (χ0n) is 14.3. The van der Waals surface area contributed by atoms with E-state index in [4.69, 9.17) is 0 Å². The molecule has 0 radical (unpaired) electrons. The SMILES string of the molecule is CN(C)[C@@H](CNC(=O)CNC(=O)c1ccccc1)c1cccc(F)c1. The molecule has 25 heavy (non-hydrogen) atoms. The molecule has 0 saturated carbocycles. The van der Waals surface area contributed by atoms with E-state index in [2.05, 4.69) is 10.6 Å². The van der Waals surface area contributed by atoms with Crippen LogP contribution >= 0.6 is 0 Å². The molecule has 2 aromatic carbocycles. The van der Waals surface area contributed by atoms with Gasteiger partial charge in [-0.15, -0.1) is 0 Å². The van der Waals surface area contributed by atoms with E-state index in [1.807, 2.05) is 31.1 Å². The number of hydrogen-bond donors (Lipinski definition) is 2. The molecule has 0 saturated heterocycles. The van der Waals surface area contributed by atoms with Gasteiger partial charge in [-0.2, -0.15) is 0 Å². The van der Waals surface area contributed by atoms with Crippen LogP contribution in [-0.4, -0.2) is 43.9 Å². The van der Waals surface area contributed by atoms with Gasteiger partial charge in [0.1, 0.15) is 5.82 Å². The molecule has 5 nitrogen and oxygen atoms in total. The predicted octanol–water partition coefficient (Wildman–Crippen LogP) is 1.97. The third-order valence-corrected chi connectivity index (χ3v) is 3.79. The summed E-state index contributed by atoms with van der Waals surface area (Å²) >= 11 is 0. The fourth-order valence-corrected chi connectivity index (χ4v) is 2.44. The maximum Gasteiger partial charge on any atom is 0.251 e. The van der Waals surface area contributed by atoms with Gasteiger partial charge in [0.15, 0.2) is 0 Å². The van der Waals surface area contributed by atoms with Crippen LogP contribution in [0.2, 0.25) is 0 Å². The Morgan fingerprint density at radius 3 is 2.40 bits per heavy atom. The summed E-state index contributed by atoms with van der Waals surface area (Å²) < 4.78 is 13.4. The Hall–Kier alpha value is -2.73. The number of carbonyl (C=O) groups is 2. The van der Waals surface area contributed by atoms with Crippen LogP contribution in [0.3, 0.4) is 0 Å². The van der Waals surface area contributed by atoms with Crippen molar-refractivity contribution < 1.29 is 14.0 Å². The second-order valence-corrected chi connectivity index (χ2v) is 5.89. The van der Waals surface area contributed by atoms with Gasteiger partial charge < -0.3 is 15.5 Å². The van der Waals surface area contributed by atoms with Gasteiger partial charge in [0, 0.05) is 12.1 Å². The first-order valence-electron chi connectivity index (χ1n) is 7.99. The Morgan fingerprint density at radius 2 is 1.76 bits per heavy atom. The predicted molar refractivity (Wildman–Crippen MR) is 94.6 cm³/mol. The molecule has 0 aliphatic rings. The highest BCUT2D eigenvalue weighted by Crippen LogP contribution is 2.18. The summed E-state index contributed by atoms with van der Waals surface area (Å²) in [6.45, 7) is 0.202. The van der Waals surface area contributed by atoms with Crippen molar-refractivity contribution in [2.45, 2.75) is 6.04 Å². The van der Waals surface area contributed by atoms with Gasteiger partial charge >= 0.3 is 0 Å². The molecule has 0 fully saturated rings. The van der Waals surface area contributed by atoms with Crippen molar-refractivity contribution in [3.05, 3.63) is 71.5 Å². The lowest BCUT2D eigenvalue weighted by atomic mass is 10.1. The summed E-state index contributed by atoms with van der Waals surface area (Å²) in [5, 5.41) is 5.35. The van der Waals surface area contributed by atoms with Crippen LogP contribution in [0.1, 0.15) is 22.0 Å². The summed E-state index contributed by atoms with van der Waals surface area (Å²) in [6.07, 6.45) is 0. The average molecular weight is 343 g/mol. The average Bonchev–Trinajstić information content (AvgIpc) is 2.60. The quantitative estimate of drug-likeness (QED) is 0.808. The Morgan fingerprint density at radius 1 is 1.04 bits per heavy atom. The highest BCUT2D eigenvalue weighted by Gasteiger charge is 2.16. The molecular weight excluding hydrogens is 321 g/mol. The van der Waals surface area contributed by atoms with E-state index in [0.717, 1.165) is 5.56 Å². The molecule has 0 aliphatic carbocycles. The normalized spacial score (nSPS) is 11.8. The van der Waals surface area contributed by atoms with Crippen LogP contribution in [0, 0.1) is 5.82 Å². The number of amides is 2. The van der Waals surface area contributed by atoms with E-state index in [9.17, 15) is 14.0 Å². The van der Waals surface area contributed by atoms with Crippen LogP contribution in [0.4, 0.5) is 4.39 Å². The molecule has 2 rings (SSSR count). The zero-order valence-corrected chi connectivity index (χ0v) is 14.3. The minimum atomic E-state index is -0.314. The number of nitrogens with one attached hydrogen (secondary N) is 2. The number of likely N-dealkylation sites (N-methyl/N-ethyl adjacent to an activating group) is 1. The van der Waals surface area contributed by atoms with Gasteiger partial charge in [0.05, 0.1) is 12.6 Å². The van der Waals surface area contributed by atoms with Crippen molar-refractivity contribution in [1.29, 1.82) is 0 Å². The molecule has 2 aromatic rings. The number of carbonyl (C=O) groups excluding carboxylic acids is 2. The third-order valence-electron chi connectivity index (χ3n) is 3.79. The number of rotatable bonds is 7. The van der Waals surface area contributed by atoms with Gasteiger partial charge in [0.25, 0.3) is 5.91 Å². The zero-order chi connectivity index (χ0) is 18.2. The number of benzene rings is 2. The standard InChI is InChI=1S/C19H22FN3O2/c1-23(2)17(15-9-6-10-16(20)11-15)12-21-18(24)13-22-19(25)14-7-4-3-5-8-14/h3-11,17H,12-13H2,1-2H3,(H,21,24)(H,22,25)/t17-/m0/s1. The minimum Gasteiger partial charge on any atom is -0.353 e. The first-order valence-corrected chi connectivity index (χ1v) is 7.99. The first-order chi connectivity index (χ1) is 12.0. The Labute approximate surface area is 146 Å². The number of halogens is 1. The number of hydrogen-bond acceptors (Lipinski definition) is 3. The highest BCUT2D eigenvalue weighted by molar-refractivity contribution is 5.96. The molecule has 0 bridgehead atoms. The van der Waals surface area contributed by atoms with Crippen molar-refractivity contribution in [3.8, 4) is 0 Å². The molecule has 2 amide bonds. The number of nitrogens with zero attached hydrogens (tertiary/aromatic N) is 1. The molecule has 132 valence electrons. The van der Waals surface area contributed by atoms with E-state index in [0.29, 0.717) is 12.1 Å². The van der Waals surface area contributed by atoms with Crippen molar-refractivity contribution >= 4 is 11.8 Å². The van der Waals surface area contributed by atoms with Gasteiger partial charge in [-0.05, 0) is 43.9 Å². The Balaban J connectivity index is 1.86. The third kappa shape index (κ3) is 5.69. The Bertz CT molecular complexity index is 720. The van der Waals surface area contributed by atoms with Crippen LogP contribution in [0.25, 0.3) is 0 Å². The van der Waals surface area contributed by atoms with E-state index in [-0.39, 0.29) is 30.2 Å². The maximum atomic E-state index is 13.4. The van der Waals surface area contributed by atoms with Crippen LogP contribution in [0.5, 0.6) is 0 Å². The van der Waals surface area contributed by atoms with Crippen molar-refractivity contribution in [2.24, 2.45) is 0 Å². The van der Waals surface area contributed by atoms with Gasteiger partial charge in [-0.3, -0.25) is 9.59 Å². The molecule has 0 heterocycles. The molecule has 0 spiro atoms. The molecule has 2 N–H and O–H groups in total. The molecule has 6 heteroatoms. The van der Waals surface area contributed by atoms with Crippen LogP contribution < -0.4 is 10.6 Å². The van der Waals surface area contributed by atoms with Crippen LogP contribution in [-0.2, 0) is 4.79 Å². The van der Waals surface area contributed by atoms with Gasteiger partial charge in [-0.25, -0.2) is 4.39 Å².